The summed E-state index contributed by atoms with van der Waals surface area (Å²) in [5.41, 5.74) is 5.45. The van der Waals surface area contributed by atoms with Crippen molar-refractivity contribution >= 4 is 17.7 Å². The Morgan fingerprint density at radius 1 is 1.14 bits per heavy atom. The van der Waals surface area contributed by atoms with Gasteiger partial charge >= 0.3 is 0 Å². The predicted octanol–water partition coefficient (Wildman–Crippen LogP) is 3.34. The van der Waals surface area contributed by atoms with Crippen LogP contribution < -0.4 is 11.1 Å². The van der Waals surface area contributed by atoms with Crippen LogP contribution in [-0.4, -0.2) is 23.7 Å². The van der Waals surface area contributed by atoms with Gasteiger partial charge in [0.25, 0.3) is 0 Å². The third-order valence-corrected chi connectivity index (χ3v) is 5.34. The maximum absolute atomic E-state index is 11.9. The van der Waals surface area contributed by atoms with E-state index in [4.69, 9.17) is 5.73 Å². The maximum Gasteiger partial charge on any atom is 0.220 e. The van der Waals surface area contributed by atoms with Crippen LogP contribution in [0.4, 0.5) is 0 Å². The number of amides is 1. The molecule has 0 aliphatic heterocycles. The lowest BCUT2D eigenvalue weighted by Gasteiger charge is -2.15. The standard InChI is InChI=1S/C17H26N2OS/c18-13-7-2-1-6-10-16(20)19-14-17(11-12-17)21-15-8-4-3-5-9-15/h3-5,8-9H,1-2,6-7,10-14,18H2,(H,19,20). The second-order valence-corrected chi connectivity index (χ2v) is 7.37. The van der Waals surface area contributed by atoms with E-state index in [2.05, 4.69) is 29.6 Å². The van der Waals surface area contributed by atoms with Gasteiger partial charge in [-0.2, -0.15) is 0 Å². The number of benzene rings is 1. The number of carbonyl (C=O) groups excluding carboxylic acids is 1. The molecule has 1 aromatic carbocycles. The van der Waals surface area contributed by atoms with Crippen molar-refractivity contribution in [3.05, 3.63) is 30.3 Å². The van der Waals surface area contributed by atoms with Crippen LogP contribution in [0.5, 0.6) is 0 Å². The van der Waals surface area contributed by atoms with Gasteiger partial charge in [0, 0.05) is 22.6 Å². The SMILES string of the molecule is NCCCCCCC(=O)NCC1(Sc2ccccc2)CC1. The van der Waals surface area contributed by atoms with E-state index in [1.54, 1.807) is 0 Å². The molecular weight excluding hydrogens is 280 g/mol. The fraction of sp³-hybridized carbons (Fsp3) is 0.588. The lowest BCUT2D eigenvalue weighted by molar-refractivity contribution is -0.121. The first-order valence-electron chi connectivity index (χ1n) is 7.95. The molecule has 0 aromatic heterocycles. The summed E-state index contributed by atoms with van der Waals surface area (Å²) in [6.07, 6.45) is 7.33. The van der Waals surface area contributed by atoms with Crippen molar-refractivity contribution in [2.75, 3.05) is 13.1 Å². The molecule has 3 N–H and O–H groups in total. The van der Waals surface area contributed by atoms with E-state index >= 15 is 0 Å². The molecule has 0 saturated heterocycles. The summed E-state index contributed by atoms with van der Waals surface area (Å²) in [5, 5.41) is 3.11. The minimum absolute atomic E-state index is 0.197. The van der Waals surface area contributed by atoms with Crippen molar-refractivity contribution < 1.29 is 4.79 Å². The van der Waals surface area contributed by atoms with Gasteiger partial charge in [-0.1, -0.05) is 31.0 Å². The summed E-state index contributed by atoms with van der Waals surface area (Å²) in [6, 6.07) is 10.5. The summed E-state index contributed by atoms with van der Waals surface area (Å²) in [4.78, 5) is 13.2. The number of rotatable bonds is 10. The zero-order valence-electron chi connectivity index (χ0n) is 12.6. The van der Waals surface area contributed by atoms with E-state index in [1.165, 1.54) is 17.7 Å². The molecule has 1 fully saturated rings. The minimum atomic E-state index is 0.197. The topological polar surface area (TPSA) is 55.1 Å². The van der Waals surface area contributed by atoms with Gasteiger partial charge in [-0.05, 0) is 44.4 Å². The Kier molecular flexibility index (Phi) is 6.58. The molecule has 1 saturated carbocycles. The average molecular weight is 306 g/mol. The Morgan fingerprint density at radius 2 is 1.86 bits per heavy atom. The molecule has 1 aliphatic rings. The Bertz CT molecular complexity index is 432. The van der Waals surface area contributed by atoms with Gasteiger partial charge in [0.05, 0.1) is 0 Å². The van der Waals surface area contributed by atoms with Gasteiger partial charge in [0.2, 0.25) is 5.91 Å². The van der Waals surface area contributed by atoms with Gasteiger partial charge in [-0.3, -0.25) is 4.79 Å². The summed E-state index contributed by atoms with van der Waals surface area (Å²) in [7, 11) is 0. The normalized spacial score (nSPS) is 15.7. The molecule has 1 aromatic rings. The predicted molar refractivity (Wildman–Crippen MR) is 89.4 cm³/mol. The van der Waals surface area contributed by atoms with Crippen molar-refractivity contribution in [3.8, 4) is 0 Å². The van der Waals surface area contributed by atoms with Crippen molar-refractivity contribution in [1.29, 1.82) is 0 Å². The second kappa shape index (κ2) is 8.44. The average Bonchev–Trinajstić information content (AvgIpc) is 3.26. The molecule has 0 spiro atoms. The first-order chi connectivity index (χ1) is 10.2. The molecule has 0 radical (unpaired) electrons. The van der Waals surface area contributed by atoms with Gasteiger partial charge in [-0.25, -0.2) is 0 Å². The van der Waals surface area contributed by atoms with Crippen LogP contribution in [0.15, 0.2) is 35.2 Å². The van der Waals surface area contributed by atoms with Crippen molar-refractivity contribution in [3.63, 3.8) is 0 Å². The van der Waals surface area contributed by atoms with Gasteiger partial charge in [0.15, 0.2) is 0 Å². The van der Waals surface area contributed by atoms with E-state index in [0.29, 0.717) is 6.42 Å². The van der Waals surface area contributed by atoms with Gasteiger partial charge in [0.1, 0.15) is 0 Å². The van der Waals surface area contributed by atoms with Crippen molar-refractivity contribution in [1.82, 2.24) is 5.32 Å². The van der Waals surface area contributed by atoms with Crippen LogP contribution in [0.25, 0.3) is 0 Å². The van der Waals surface area contributed by atoms with Crippen molar-refractivity contribution in [2.45, 2.75) is 54.6 Å². The third kappa shape index (κ3) is 6.10. The molecule has 2 rings (SSSR count). The fourth-order valence-electron chi connectivity index (χ4n) is 2.32. The monoisotopic (exact) mass is 306 g/mol. The molecule has 21 heavy (non-hydrogen) atoms. The molecule has 0 unspecified atom stereocenters. The lowest BCUT2D eigenvalue weighted by Crippen LogP contribution is -2.31. The summed E-state index contributed by atoms with van der Waals surface area (Å²) < 4.78 is 0.247. The lowest BCUT2D eigenvalue weighted by atomic mass is 10.1. The van der Waals surface area contributed by atoms with Gasteiger partial charge < -0.3 is 11.1 Å². The Balaban J connectivity index is 1.62. The van der Waals surface area contributed by atoms with Crippen LogP contribution in [0, 0.1) is 0 Å². The number of hydrogen-bond acceptors (Lipinski definition) is 3. The second-order valence-electron chi connectivity index (χ2n) is 5.83. The largest absolute Gasteiger partial charge is 0.355 e. The van der Waals surface area contributed by atoms with Crippen LogP contribution in [0.3, 0.4) is 0 Å². The highest BCUT2D eigenvalue weighted by Crippen LogP contribution is 2.51. The number of nitrogens with two attached hydrogens (primary N) is 1. The highest BCUT2D eigenvalue weighted by Gasteiger charge is 2.43. The molecular formula is C17H26N2OS. The van der Waals surface area contributed by atoms with E-state index in [1.807, 2.05) is 17.8 Å². The Morgan fingerprint density at radius 3 is 2.52 bits per heavy atom. The smallest absolute Gasteiger partial charge is 0.220 e. The number of unbranched alkanes of at least 4 members (excludes halogenated alkanes) is 3. The molecule has 4 heteroatoms. The van der Waals surface area contributed by atoms with Crippen LogP contribution in [0.2, 0.25) is 0 Å². The fourth-order valence-corrected chi connectivity index (χ4v) is 3.57. The van der Waals surface area contributed by atoms with E-state index in [-0.39, 0.29) is 10.7 Å². The van der Waals surface area contributed by atoms with E-state index in [0.717, 1.165) is 38.8 Å². The Hall–Kier alpha value is -1.00. The summed E-state index contributed by atoms with van der Waals surface area (Å²) >= 11 is 1.91. The third-order valence-electron chi connectivity index (χ3n) is 3.85. The minimum Gasteiger partial charge on any atom is -0.355 e. The zero-order chi connectivity index (χ0) is 15.0. The number of hydrogen-bond donors (Lipinski definition) is 2. The number of thioether (sulfide) groups is 1. The first-order valence-corrected chi connectivity index (χ1v) is 8.77. The molecule has 1 amide bonds. The summed E-state index contributed by atoms with van der Waals surface area (Å²) in [6.45, 7) is 1.56. The van der Waals surface area contributed by atoms with Crippen molar-refractivity contribution in [2.24, 2.45) is 5.73 Å². The summed E-state index contributed by atoms with van der Waals surface area (Å²) in [5.74, 6) is 0.197. The number of carbonyl (C=O) groups is 1. The van der Waals surface area contributed by atoms with Gasteiger partial charge in [-0.15, -0.1) is 11.8 Å². The molecule has 3 nitrogen and oxygen atoms in total. The highest BCUT2D eigenvalue weighted by molar-refractivity contribution is 8.01. The highest BCUT2D eigenvalue weighted by atomic mass is 32.2. The zero-order valence-corrected chi connectivity index (χ0v) is 13.5. The molecule has 0 bridgehead atoms. The molecule has 0 heterocycles. The molecule has 0 atom stereocenters. The maximum atomic E-state index is 11.9. The molecule has 1 aliphatic carbocycles. The van der Waals surface area contributed by atoms with E-state index in [9.17, 15) is 4.79 Å². The van der Waals surface area contributed by atoms with Crippen LogP contribution in [0.1, 0.15) is 44.9 Å². The van der Waals surface area contributed by atoms with Crippen LogP contribution in [-0.2, 0) is 4.79 Å². The van der Waals surface area contributed by atoms with Crippen LogP contribution >= 0.6 is 11.8 Å². The van der Waals surface area contributed by atoms with E-state index < -0.39 is 0 Å². The Labute approximate surface area is 132 Å². The molecule has 116 valence electrons. The quantitative estimate of drug-likeness (QED) is 0.652. The number of nitrogens with one attached hydrogen (secondary N) is 1. The first kappa shape index (κ1) is 16.4.